The highest BCUT2D eigenvalue weighted by Crippen LogP contribution is 2.42. The predicted molar refractivity (Wildman–Crippen MR) is 73.9 cm³/mol. The van der Waals surface area contributed by atoms with Gasteiger partial charge in [-0.25, -0.2) is 0 Å². The van der Waals surface area contributed by atoms with Crippen molar-refractivity contribution in [2.24, 2.45) is 5.41 Å². The zero-order valence-electron chi connectivity index (χ0n) is 11.4. The van der Waals surface area contributed by atoms with Crippen LogP contribution in [0.1, 0.15) is 35.7 Å². The molecule has 0 N–H and O–H groups in total. The summed E-state index contributed by atoms with van der Waals surface area (Å²) in [7, 11) is 1.25. The summed E-state index contributed by atoms with van der Waals surface area (Å²) in [6.45, 7) is 1.44. The van der Waals surface area contributed by atoms with E-state index in [0.29, 0.717) is 10.6 Å². The Hall–Kier alpha value is -1.68. The Labute approximate surface area is 122 Å². The van der Waals surface area contributed by atoms with E-state index in [4.69, 9.17) is 16.3 Å². The number of carbonyl (C=O) groups is 3. The minimum Gasteiger partial charge on any atom is -0.468 e. The van der Waals surface area contributed by atoms with Gasteiger partial charge in [0.2, 0.25) is 0 Å². The maximum atomic E-state index is 12.6. The molecule has 0 spiro atoms. The zero-order valence-corrected chi connectivity index (χ0v) is 12.1. The summed E-state index contributed by atoms with van der Waals surface area (Å²) in [5.41, 5.74) is -0.0622. The van der Waals surface area contributed by atoms with E-state index >= 15 is 0 Å². The van der Waals surface area contributed by atoms with Crippen molar-refractivity contribution >= 4 is 29.1 Å². The number of carbonyl (C=O) groups excluding carboxylic acids is 3. The fourth-order valence-corrected chi connectivity index (χ4v) is 2.84. The Morgan fingerprint density at radius 3 is 2.70 bits per heavy atom. The van der Waals surface area contributed by atoms with Crippen LogP contribution in [0.4, 0.5) is 0 Å². The predicted octanol–water partition coefficient (Wildman–Crippen LogP) is 2.61. The van der Waals surface area contributed by atoms with Crippen molar-refractivity contribution in [3.8, 4) is 0 Å². The molecule has 0 saturated carbocycles. The standard InChI is InChI=1S/C15H15ClO4/c1-9(17)5-6-15(14(19)20-2)8-10-7-11(16)3-4-12(10)13(15)18/h3-4,7H,5-6,8H2,1-2H3. The van der Waals surface area contributed by atoms with Crippen LogP contribution in [0.25, 0.3) is 0 Å². The lowest BCUT2D eigenvalue weighted by molar-refractivity contribution is -0.149. The average molecular weight is 295 g/mol. The van der Waals surface area contributed by atoms with Crippen molar-refractivity contribution < 1.29 is 19.1 Å². The van der Waals surface area contributed by atoms with E-state index in [9.17, 15) is 14.4 Å². The fourth-order valence-electron chi connectivity index (χ4n) is 2.65. The molecule has 0 radical (unpaired) electrons. The number of hydrogen-bond donors (Lipinski definition) is 0. The minimum atomic E-state index is -1.28. The summed E-state index contributed by atoms with van der Waals surface area (Å²) >= 11 is 5.92. The molecule has 0 fully saturated rings. The Morgan fingerprint density at radius 2 is 2.10 bits per heavy atom. The molecule has 20 heavy (non-hydrogen) atoms. The largest absolute Gasteiger partial charge is 0.468 e. The third-order valence-corrected chi connectivity index (χ3v) is 3.95. The van der Waals surface area contributed by atoms with E-state index in [1.165, 1.54) is 14.0 Å². The summed E-state index contributed by atoms with van der Waals surface area (Å²) in [5.74, 6) is -0.927. The molecule has 0 heterocycles. The quantitative estimate of drug-likeness (QED) is 0.632. The highest BCUT2D eigenvalue weighted by atomic mass is 35.5. The molecule has 1 atom stereocenters. The van der Waals surface area contributed by atoms with Gasteiger partial charge in [0, 0.05) is 17.0 Å². The number of ether oxygens (including phenoxy) is 1. The smallest absolute Gasteiger partial charge is 0.320 e. The van der Waals surface area contributed by atoms with Crippen LogP contribution in [-0.4, -0.2) is 24.6 Å². The number of rotatable bonds is 4. The first kappa shape index (κ1) is 14.7. The van der Waals surface area contributed by atoms with Gasteiger partial charge in [0.1, 0.15) is 11.2 Å². The first-order valence-electron chi connectivity index (χ1n) is 6.32. The number of hydrogen-bond acceptors (Lipinski definition) is 4. The van der Waals surface area contributed by atoms with Crippen LogP contribution >= 0.6 is 11.6 Å². The number of ketones is 2. The summed E-state index contributed by atoms with van der Waals surface area (Å²) in [6, 6.07) is 4.93. The zero-order chi connectivity index (χ0) is 14.9. The summed E-state index contributed by atoms with van der Waals surface area (Å²) in [5, 5.41) is 0.517. The highest BCUT2D eigenvalue weighted by molar-refractivity contribution is 6.31. The third kappa shape index (κ3) is 2.36. The minimum absolute atomic E-state index is 0.0601. The Balaban J connectivity index is 2.43. The van der Waals surface area contributed by atoms with Gasteiger partial charge in [-0.2, -0.15) is 0 Å². The van der Waals surface area contributed by atoms with Crippen molar-refractivity contribution in [2.75, 3.05) is 7.11 Å². The molecule has 1 aromatic rings. The maximum Gasteiger partial charge on any atom is 0.320 e. The van der Waals surface area contributed by atoms with E-state index < -0.39 is 11.4 Å². The summed E-state index contributed by atoms with van der Waals surface area (Å²) < 4.78 is 4.80. The lowest BCUT2D eigenvalue weighted by Gasteiger charge is -2.23. The first-order valence-corrected chi connectivity index (χ1v) is 6.69. The molecule has 5 heteroatoms. The van der Waals surface area contributed by atoms with Gasteiger partial charge in [-0.1, -0.05) is 11.6 Å². The molecule has 0 saturated heterocycles. The van der Waals surface area contributed by atoms with Crippen LogP contribution in [0, 0.1) is 5.41 Å². The number of benzene rings is 1. The molecule has 2 rings (SSSR count). The third-order valence-electron chi connectivity index (χ3n) is 3.72. The Kier molecular flexibility index (Phi) is 3.95. The monoisotopic (exact) mass is 294 g/mol. The molecule has 1 aliphatic rings. The normalized spacial score (nSPS) is 20.6. The molecule has 0 amide bonds. The molecule has 0 aromatic heterocycles. The lowest BCUT2D eigenvalue weighted by atomic mass is 9.79. The molecular weight excluding hydrogens is 280 g/mol. The van der Waals surface area contributed by atoms with Gasteiger partial charge in [-0.05, 0) is 43.5 Å². The van der Waals surface area contributed by atoms with Gasteiger partial charge >= 0.3 is 5.97 Å². The Morgan fingerprint density at radius 1 is 1.40 bits per heavy atom. The molecule has 4 nitrogen and oxygen atoms in total. The van der Waals surface area contributed by atoms with Crippen LogP contribution < -0.4 is 0 Å². The van der Waals surface area contributed by atoms with Crippen LogP contribution in [-0.2, 0) is 20.7 Å². The van der Waals surface area contributed by atoms with E-state index in [2.05, 4.69) is 0 Å². The summed E-state index contributed by atoms with van der Waals surface area (Å²) in [6.07, 6.45) is 0.574. The van der Waals surface area contributed by atoms with Crippen molar-refractivity contribution in [3.63, 3.8) is 0 Å². The second-order valence-electron chi connectivity index (χ2n) is 5.08. The SMILES string of the molecule is COC(=O)C1(CCC(C)=O)Cc2cc(Cl)ccc2C1=O. The van der Waals surface area contributed by atoms with E-state index in [-0.39, 0.29) is 30.8 Å². The van der Waals surface area contributed by atoms with Crippen LogP contribution in [0.15, 0.2) is 18.2 Å². The Bertz CT molecular complexity index is 594. The van der Waals surface area contributed by atoms with Gasteiger partial charge in [0.25, 0.3) is 0 Å². The molecule has 106 valence electrons. The average Bonchev–Trinajstić information content (AvgIpc) is 2.69. The van der Waals surface area contributed by atoms with Gasteiger partial charge in [0.15, 0.2) is 5.78 Å². The fraction of sp³-hybridized carbons (Fsp3) is 0.400. The number of fused-ring (bicyclic) bond motifs is 1. The lowest BCUT2D eigenvalue weighted by Crippen LogP contribution is -2.38. The molecule has 1 aliphatic carbocycles. The van der Waals surface area contributed by atoms with Gasteiger partial charge in [0.05, 0.1) is 7.11 Å². The van der Waals surface area contributed by atoms with Crippen molar-refractivity contribution in [3.05, 3.63) is 34.3 Å². The van der Waals surface area contributed by atoms with Crippen molar-refractivity contribution in [2.45, 2.75) is 26.2 Å². The van der Waals surface area contributed by atoms with Crippen molar-refractivity contribution in [1.82, 2.24) is 0 Å². The van der Waals surface area contributed by atoms with E-state index in [0.717, 1.165) is 5.56 Å². The number of methoxy groups -OCH3 is 1. The molecule has 1 unspecified atom stereocenters. The highest BCUT2D eigenvalue weighted by Gasteiger charge is 2.52. The summed E-state index contributed by atoms with van der Waals surface area (Å²) in [4.78, 5) is 35.9. The molecule has 1 aromatic carbocycles. The van der Waals surface area contributed by atoms with Gasteiger partial charge in [-0.15, -0.1) is 0 Å². The second-order valence-corrected chi connectivity index (χ2v) is 5.52. The topological polar surface area (TPSA) is 60.4 Å². The number of esters is 1. The van der Waals surface area contributed by atoms with Crippen LogP contribution in [0.3, 0.4) is 0 Å². The molecular formula is C15H15ClO4. The molecule has 0 aliphatic heterocycles. The van der Waals surface area contributed by atoms with Crippen molar-refractivity contribution in [1.29, 1.82) is 0 Å². The maximum absolute atomic E-state index is 12.6. The van der Waals surface area contributed by atoms with Gasteiger partial charge < -0.3 is 9.53 Å². The number of halogens is 1. The van der Waals surface area contributed by atoms with E-state index in [1.807, 2.05) is 0 Å². The van der Waals surface area contributed by atoms with Crippen LogP contribution in [0.2, 0.25) is 5.02 Å². The van der Waals surface area contributed by atoms with Gasteiger partial charge in [-0.3, -0.25) is 9.59 Å². The molecule has 0 bridgehead atoms. The number of Topliss-reactive ketones (excluding diaryl/α,β-unsaturated/α-hetero) is 2. The first-order chi connectivity index (χ1) is 9.40. The van der Waals surface area contributed by atoms with E-state index in [1.54, 1.807) is 18.2 Å². The second kappa shape index (κ2) is 5.37. The van der Waals surface area contributed by atoms with Crippen LogP contribution in [0.5, 0.6) is 0 Å².